The Bertz CT molecular complexity index is 1060. The number of hydrogen-bond acceptors (Lipinski definition) is 6. The van der Waals surface area contributed by atoms with E-state index in [0.29, 0.717) is 5.75 Å². The van der Waals surface area contributed by atoms with Crippen molar-refractivity contribution in [1.82, 2.24) is 0 Å². The first-order valence-electron chi connectivity index (χ1n) is 9.93. The van der Waals surface area contributed by atoms with Crippen LogP contribution in [0, 0.1) is 0 Å². The van der Waals surface area contributed by atoms with Gasteiger partial charge in [-0.2, -0.15) is 18.2 Å². The lowest BCUT2D eigenvalue weighted by atomic mass is 9.87. The van der Waals surface area contributed by atoms with E-state index in [-0.39, 0.29) is 27.7 Å². The number of alkyl halides is 3. The summed E-state index contributed by atoms with van der Waals surface area (Å²) in [7, 11) is 0. The molecule has 1 fully saturated rings. The Morgan fingerprint density at radius 1 is 0.969 bits per heavy atom. The van der Waals surface area contributed by atoms with Gasteiger partial charge in [0.1, 0.15) is 11.4 Å². The van der Waals surface area contributed by atoms with Crippen LogP contribution in [0.2, 0.25) is 10.0 Å². The number of benzene rings is 2. The molecule has 6 nitrogen and oxygen atoms in total. The van der Waals surface area contributed by atoms with Crippen LogP contribution in [-0.2, 0) is 6.18 Å². The number of hydrogen-bond donors (Lipinski definition) is 2. The van der Waals surface area contributed by atoms with Crippen molar-refractivity contribution < 1.29 is 17.9 Å². The van der Waals surface area contributed by atoms with Crippen LogP contribution in [0.15, 0.2) is 46.4 Å². The average molecular weight is 486 g/mol. The molecule has 0 amide bonds. The van der Waals surface area contributed by atoms with Gasteiger partial charge in [-0.25, -0.2) is 4.99 Å². The van der Waals surface area contributed by atoms with E-state index in [1.807, 2.05) is 4.90 Å². The van der Waals surface area contributed by atoms with Gasteiger partial charge in [0, 0.05) is 5.69 Å². The van der Waals surface area contributed by atoms with E-state index in [1.54, 1.807) is 24.3 Å². The molecule has 1 spiro atoms. The lowest BCUT2D eigenvalue weighted by molar-refractivity contribution is -0.137. The molecule has 4 N–H and O–H groups in total. The Labute approximate surface area is 192 Å². The summed E-state index contributed by atoms with van der Waals surface area (Å²) in [5, 5.41) is -0.487. The van der Waals surface area contributed by atoms with Gasteiger partial charge in [-0.3, -0.25) is 4.90 Å². The lowest BCUT2D eigenvalue weighted by Crippen LogP contribution is -2.58. The number of guanidine groups is 2. The molecule has 0 saturated heterocycles. The van der Waals surface area contributed by atoms with Crippen molar-refractivity contribution in [3.05, 3.63) is 52.0 Å². The summed E-state index contributed by atoms with van der Waals surface area (Å²) >= 11 is 12.0. The number of aliphatic imine (C=N–C) groups is 2. The molecule has 11 heteroatoms. The monoisotopic (exact) mass is 485 g/mol. The summed E-state index contributed by atoms with van der Waals surface area (Å²) in [4.78, 5) is 10.6. The number of nitrogens with zero attached hydrogens (tertiary/aromatic N) is 3. The Morgan fingerprint density at radius 2 is 1.56 bits per heavy atom. The lowest BCUT2D eigenvalue weighted by Gasteiger charge is -2.45. The molecule has 0 atom stereocenters. The van der Waals surface area contributed by atoms with Gasteiger partial charge in [-0.15, -0.1) is 0 Å². The first-order valence-corrected chi connectivity index (χ1v) is 10.7. The maximum Gasteiger partial charge on any atom is 0.416 e. The van der Waals surface area contributed by atoms with Gasteiger partial charge in [0.2, 0.25) is 11.9 Å². The molecule has 32 heavy (non-hydrogen) atoms. The van der Waals surface area contributed by atoms with Gasteiger partial charge in [-0.1, -0.05) is 29.6 Å². The molecule has 1 heterocycles. The minimum atomic E-state index is -4.57. The molecule has 4 rings (SSSR count). The minimum Gasteiger partial charge on any atom is -0.454 e. The summed E-state index contributed by atoms with van der Waals surface area (Å²) < 4.78 is 44.5. The van der Waals surface area contributed by atoms with Crippen molar-refractivity contribution in [2.45, 2.75) is 43.9 Å². The van der Waals surface area contributed by atoms with E-state index in [9.17, 15) is 13.2 Å². The van der Waals surface area contributed by atoms with Crippen LogP contribution in [0.4, 0.5) is 18.9 Å². The predicted molar refractivity (Wildman–Crippen MR) is 120 cm³/mol. The van der Waals surface area contributed by atoms with Gasteiger partial charge in [-0.05, 0) is 62.1 Å². The SMILES string of the molecule is NC1=NC2(CCCCC2)N(c2ccc(Oc3c(Cl)cc(C(F)(F)F)cc3Cl)cc2)C(N)=N1. The largest absolute Gasteiger partial charge is 0.454 e. The van der Waals surface area contributed by atoms with Crippen LogP contribution >= 0.6 is 23.2 Å². The van der Waals surface area contributed by atoms with Gasteiger partial charge in [0.25, 0.3) is 0 Å². The zero-order chi connectivity index (χ0) is 23.1. The Kier molecular flexibility index (Phi) is 5.89. The maximum absolute atomic E-state index is 12.9. The van der Waals surface area contributed by atoms with E-state index in [1.165, 1.54) is 0 Å². The van der Waals surface area contributed by atoms with Crippen molar-refractivity contribution in [3.8, 4) is 11.5 Å². The molecule has 0 radical (unpaired) electrons. The third-order valence-corrected chi connectivity index (χ3v) is 6.05. The molecular weight excluding hydrogens is 466 g/mol. The molecule has 0 bridgehead atoms. The van der Waals surface area contributed by atoms with Crippen molar-refractivity contribution in [2.75, 3.05) is 4.90 Å². The third-order valence-electron chi connectivity index (χ3n) is 5.49. The van der Waals surface area contributed by atoms with Crippen molar-refractivity contribution in [3.63, 3.8) is 0 Å². The van der Waals surface area contributed by atoms with E-state index in [0.717, 1.165) is 49.9 Å². The molecule has 0 unspecified atom stereocenters. The van der Waals surface area contributed by atoms with E-state index < -0.39 is 17.4 Å². The quantitative estimate of drug-likeness (QED) is 0.564. The number of anilines is 1. The molecule has 0 aromatic heterocycles. The van der Waals surface area contributed by atoms with E-state index in [2.05, 4.69) is 9.98 Å². The highest BCUT2D eigenvalue weighted by Crippen LogP contribution is 2.43. The first-order chi connectivity index (χ1) is 15.1. The van der Waals surface area contributed by atoms with Crippen molar-refractivity contribution in [1.29, 1.82) is 0 Å². The molecule has 1 aliphatic heterocycles. The summed E-state index contributed by atoms with van der Waals surface area (Å²) in [5.41, 5.74) is 11.3. The fraction of sp³-hybridized carbons (Fsp3) is 0.333. The second-order valence-electron chi connectivity index (χ2n) is 7.68. The maximum atomic E-state index is 12.9. The predicted octanol–water partition coefficient (Wildman–Crippen LogP) is 5.91. The molecule has 1 aliphatic carbocycles. The van der Waals surface area contributed by atoms with Crippen LogP contribution in [0.1, 0.15) is 37.7 Å². The standard InChI is InChI=1S/C21H20Cl2F3N5O/c22-15-10-12(21(24,25)26)11-16(23)17(15)32-14-6-4-13(5-7-14)31-19(28)29-18(27)30-20(31)8-2-1-3-9-20/h4-7,10-11H,1-3,8-9H2,(H4,27,28,29,30). The van der Waals surface area contributed by atoms with Crippen LogP contribution < -0.4 is 21.1 Å². The normalized spacial score (nSPS) is 18.3. The Hall–Kier alpha value is -2.65. The van der Waals surface area contributed by atoms with Crippen LogP contribution in [0.3, 0.4) is 0 Å². The molecule has 170 valence electrons. The molecule has 2 aromatic rings. The van der Waals surface area contributed by atoms with Gasteiger partial charge in [0.15, 0.2) is 5.75 Å². The smallest absolute Gasteiger partial charge is 0.416 e. The zero-order valence-corrected chi connectivity index (χ0v) is 18.3. The summed E-state index contributed by atoms with van der Waals surface area (Å²) in [6.45, 7) is 0. The molecule has 2 aliphatic rings. The molecule has 1 saturated carbocycles. The fourth-order valence-corrected chi connectivity index (χ4v) is 4.66. The van der Waals surface area contributed by atoms with Gasteiger partial charge >= 0.3 is 6.18 Å². The number of nitrogens with two attached hydrogens (primary N) is 2. The summed E-state index contributed by atoms with van der Waals surface area (Å²) in [6, 6.07) is 8.36. The molecular formula is C21H20Cl2F3N5O. The second kappa shape index (κ2) is 8.37. The zero-order valence-electron chi connectivity index (χ0n) is 16.8. The number of halogens is 5. The van der Waals surface area contributed by atoms with Crippen LogP contribution in [0.5, 0.6) is 11.5 Å². The first kappa shape index (κ1) is 22.5. The Balaban J connectivity index is 1.61. The highest BCUT2D eigenvalue weighted by molar-refractivity contribution is 6.37. The third kappa shape index (κ3) is 4.31. The van der Waals surface area contributed by atoms with Gasteiger partial charge in [0.05, 0.1) is 15.6 Å². The minimum absolute atomic E-state index is 0.0609. The number of rotatable bonds is 3. The van der Waals surface area contributed by atoms with Crippen LogP contribution in [-0.4, -0.2) is 17.6 Å². The second-order valence-corrected chi connectivity index (χ2v) is 8.50. The van der Waals surface area contributed by atoms with E-state index in [4.69, 9.17) is 39.4 Å². The molecule has 2 aromatic carbocycles. The highest BCUT2D eigenvalue weighted by atomic mass is 35.5. The summed E-state index contributed by atoms with van der Waals surface area (Å²) in [5.74, 6) is 0.689. The van der Waals surface area contributed by atoms with E-state index >= 15 is 0 Å². The van der Waals surface area contributed by atoms with Crippen LogP contribution in [0.25, 0.3) is 0 Å². The highest BCUT2D eigenvalue weighted by Gasteiger charge is 2.42. The number of ether oxygens (including phenoxy) is 1. The van der Waals surface area contributed by atoms with Gasteiger partial charge < -0.3 is 16.2 Å². The van der Waals surface area contributed by atoms with Crippen molar-refractivity contribution >= 4 is 40.8 Å². The topological polar surface area (TPSA) is 89.2 Å². The average Bonchev–Trinajstić information content (AvgIpc) is 2.71. The fourth-order valence-electron chi connectivity index (χ4n) is 4.10. The Morgan fingerprint density at radius 3 is 2.12 bits per heavy atom. The summed E-state index contributed by atoms with van der Waals surface area (Å²) in [6.07, 6.45) is 0.116. The van der Waals surface area contributed by atoms with Crippen molar-refractivity contribution in [2.24, 2.45) is 21.5 Å².